The highest BCUT2D eigenvalue weighted by molar-refractivity contribution is 5.89. The Labute approximate surface area is 124 Å². The molecule has 2 aliphatic heterocycles. The third-order valence-electron chi connectivity index (χ3n) is 3.50. The molecule has 0 spiro atoms. The molecule has 6 N–H and O–H groups in total. The van der Waals surface area contributed by atoms with Gasteiger partial charge in [-0.1, -0.05) is 0 Å². The van der Waals surface area contributed by atoms with Gasteiger partial charge in [-0.2, -0.15) is 0 Å². The molecule has 0 unspecified atom stereocenters. The monoisotopic (exact) mass is 322 g/mol. The molecule has 0 saturated carbocycles. The molecule has 1 saturated heterocycles. The van der Waals surface area contributed by atoms with Crippen molar-refractivity contribution in [2.24, 2.45) is 0 Å². The highest BCUT2D eigenvalue weighted by Gasteiger charge is 2.47. The summed E-state index contributed by atoms with van der Waals surface area (Å²) in [5, 5.41) is 57.0. The molecule has 2 rings (SSSR count). The van der Waals surface area contributed by atoms with Crippen molar-refractivity contribution >= 4 is 5.97 Å². The van der Waals surface area contributed by atoms with Crippen LogP contribution in [0, 0.1) is 0 Å². The standard InChI is InChI=1S/C12H18O10/c1-3-5(15)6(16)7(17)12(20-3)22-10-8(18)9(4(14)2-13)21-11(10)19/h3-7,9,12-18H,2H2,1H3/t3-,4+,5-,6+,7+,9-,12+/m1/s1. The first-order valence-electron chi connectivity index (χ1n) is 6.57. The molecule has 10 nitrogen and oxygen atoms in total. The van der Waals surface area contributed by atoms with Crippen LogP contribution >= 0.6 is 0 Å². The first-order valence-corrected chi connectivity index (χ1v) is 6.57. The van der Waals surface area contributed by atoms with Crippen molar-refractivity contribution in [1.82, 2.24) is 0 Å². The van der Waals surface area contributed by atoms with Crippen LogP contribution in [0.4, 0.5) is 0 Å². The van der Waals surface area contributed by atoms with Gasteiger partial charge in [-0.3, -0.25) is 0 Å². The fourth-order valence-electron chi connectivity index (χ4n) is 2.15. The number of aliphatic hydroxyl groups excluding tert-OH is 6. The number of hydrogen-bond acceptors (Lipinski definition) is 10. The molecule has 2 aliphatic rings. The van der Waals surface area contributed by atoms with Gasteiger partial charge >= 0.3 is 5.97 Å². The minimum atomic E-state index is -1.68. The summed E-state index contributed by atoms with van der Waals surface area (Å²) >= 11 is 0. The SMILES string of the molecule is C[C@H]1O[C@@H](OC2=C(O)[C@@H]([C@@H](O)CO)OC2=O)[C@@H](O)[C@@H](O)[C@@H]1O. The minimum Gasteiger partial charge on any atom is -0.505 e. The van der Waals surface area contributed by atoms with E-state index in [9.17, 15) is 30.3 Å². The summed E-state index contributed by atoms with van der Waals surface area (Å²) in [4.78, 5) is 11.6. The van der Waals surface area contributed by atoms with Crippen LogP contribution < -0.4 is 0 Å². The molecule has 0 aromatic carbocycles. The maximum absolute atomic E-state index is 11.6. The summed E-state index contributed by atoms with van der Waals surface area (Å²) in [7, 11) is 0. The van der Waals surface area contributed by atoms with E-state index in [-0.39, 0.29) is 0 Å². The Morgan fingerprint density at radius 2 is 1.86 bits per heavy atom. The molecule has 1 fully saturated rings. The van der Waals surface area contributed by atoms with Gasteiger partial charge in [0, 0.05) is 0 Å². The minimum absolute atomic E-state index is 0.711. The van der Waals surface area contributed by atoms with Gasteiger partial charge in [-0.15, -0.1) is 0 Å². The number of hydrogen-bond donors (Lipinski definition) is 6. The van der Waals surface area contributed by atoms with Gasteiger partial charge in [0.15, 0.2) is 11.9 Å². The van der Waals surface area contributed by atoms with Crippen LogP contribution in [0.25, 0.3) is 0 Å². The van der Waals surface area contributed by atoms with Crippen LogP contribution in [-0.2, 0) is 19.0 Å². The van der Waals surface area contributed by atoms with Crippen LogP contribution in [0.1, 0.15) is 6.92 Å². The molecule has 0 amide bonds. The Morgan fingerprint density at radius 1 is 1.23 bits per heavy atom. The van der Waals surface area contributed by atoms with Crippen molar-refractivity contribution in [3.63, 3.8) is 0 Å². The van der Waals surface area contributed by atoms with Gasteiger partial charge in [0.05, 0.1) is 12.7 Å². The number of carbonyl (C=O) groups excluding carboxylic acids is 1. The third-order valence-corrected chi connectivity index (χ3v) is 3.50. The molecule has 0 radical (unpaired) electrons. The van der Waals surface area contributed by atoms with Gasteiger partial charge in [-0.05, 0) is 6.92 Å². The summed E-state index contributed by atoms with van der Waals surface area (Å²) in [6.07, 6.45) is -10.1. The summed E-state index contributed by atoms with van der Waals surface area (Å²) in [5.41, 5.74) is 0. The van der Waals surface area contributed by atoms with Crippen molar-refractivity contribution in [3.8, 4) is 0 Å². The molecule has 0 aromatic heterocycles. The van der Waals surface area contributed by atoms with Gasteiger partial charge in [0.25, 0.3) is 0 Å². The summed E-state index contributed by atoms with van der Waals surface area (Å²) in [6.45, 7) is 0.648. The second kappa shape index (κ2) is 6.36. The van der Waals surface area contributed by atoms with E-state index in [1.54, 1.807) is 0 Å². The van der Waals surface area contributed by atoms with Crippen LogP contribution in [0.5, 0.6) is 0 Å². The quantitative estimate of drug-likeness (QED) is 0.291. The Hall–Kier alpha value is -1.43. The van der Waals surface area contributed by atoms with E-state index in [2.05, 4.69) is 4.74 Å². The Bertz CT molecular complexity index is 463. The fourth-order valence-corrected chi connectivity index (χ4v) is 2.15. The smallest absolute Gasteiger partial charge is 0.378 e. The van der Waals surface area contributed by atoms with Gasteiger partial charge in [0.1, 0.15) is 24.4 Å². The van der Waals surface area contributed by atoms with Gasteiger partial charge in [0.2, 0.25) is 12.0 Å². The number of rotatable bonds is 4. The van der Waals surface area contributed by atoms with Crippen molar-refractivity contribution in [2.45, 2.75) is 49.8 Å². The molecule has 7 atom stereocenters. The van der Waals surface area contributed by atoms with E-state index in [0.29, 0.717) is 0 Å². The van der Waals surface area contributed by atoms with E-state index in [4.69, 9.17) is 14.6 Å². The molecular weight excluding hydrogens is 304 g/mol. The van der Waals surface area contributed by atoms with E-state index < -0.39 is 67.0 Å². The Morgan fingerprint density at radius 3 is 2.45 bits per heavy atom. The number of carbonyl (C=O) groups is 1. The number of esters is 1. The van der Waals surface area contributed by atoms with E-state index in [0.717, 1.165) is 0 Å². The molecule has 22 heavy (non-hydrogen) atoms. The lowest BCUT2D eigenvalue weighted by Crippen LogP contribution is -2.57. The molecule has 126 valence electrons. The highest BCUT2D eigenvalue weighted by atomic mass is 16.7. The van der Waals surface area contributed by atoms with E-state index in [1.165, 1.54) is 6.92 Å². The lowest BCUT2D eigenvalue weighted by atomic mass is 10.00. The number of cyclic esters (lactones) is 1. The first-order chi connectivity index (χ1) is 10.3. The zero-order valence-corrected chi connectivity index (χ0v) is 11.6. The summed E-state index contributed by atoms with van der Waals surface area (Å²) in [6, 6.07) is 0. The normalized spacial score (nSPS) is 40.5. The van der Waals surface area contributed by atoms with Gasteiger partial charge < -0.3 is 44.8 Å². The summed E-state index contributed by atoms with van der Waals surface area (Å²) < 4.78 is 14.8. The van der Waals surface area contributed by atoms with Crippen LogP contribution in [0.2, 0.25) is 0 Å². The van der Waals surface area contributed by atoms with Crippen molar-refractivity contribution < 1.29 is 49.6 Å². The first kappa shape index (κ1) is 16.9. The largest absolute Gasteiger partial charge is 0.505 e. The maximum Gasteiger partial charge on any atom is 0.378 e. The van der Waals surface area contributed by atoms with E-state index in [1.807, 2.05) is 0 Å². The Kier molecular flexibility index (Phi) is 4.90. The molecule has 0 bridgehead atoms. The average molecular weight is 322 g/mol. The average Bonchev–Trinajstić information content (AvgIpc) is 2.77. The topological polar surface area (TPSA) is 166 Å². The highest BCUT2D eigenvalue weighted by Crippen LogP contribution is 2.29. The zero-order valence-electron chi connectivity index (χ0n) is 11.6. The van der Waals surface area contributed by atoms with Crippen LogP contribution in [0.15, 0.2) is 11.5 Å². The maximum atomic E-state index is 11.6. The Balaban J connectivity index is 2.15. The van der Waals surface area contributed by atoms with Crippen LogP contribution in [-0.4, -0.2) is 86.1 Å². The lowest BCUT2D eigenvalue weighted by molar-refractivity contribution is -0.283. The molecule has 2 heterocycles. The second-order valence-electron chi connectivity index (χ2n) is 5.09. The fraction of sp³-hybridized carbons (Fsp3) is 0.750. The summed E-state index contributed by atoms with van der Waals surface area (Å²) in [5.74, 6) is -2.60. The van der Waals surface area contributed by atoms with Crippen LogP contribution in [0.3, 0.4) is 0 Å². The predicted molar refractivity (Wildman–Crippen MR) is 66.1 cm³/mol. The second-order valence-corrected chi connectivity index (χ2v) is 5.09. The van der Waals surface area contributed by atoms with Crippen molar-refractivity contribution in [1.29, 1.82) is 0 Å². The molecule has 0 aliphatic carbocycles. The lowest BCUT2D eigenvalue weighted by Gasteiger charge is -2.38. The molecule has 10 heteroatoms. The molecular formula is C12H18O10. The number of ether oxygens (including phenoxy) is 3. The van der Waals surface area contributed by atoms with Crippen molar-refractivity contribution in [2.75, 3.05) is 6.61 Å². The van der Waals surface area contributed by atoms with Crippen molar-refractivity contribution in [3.05, 3.63) is 11.5 Å². The number of aliphatic hydroxyl groups is 6. The van der Waals surface area contributed by atoms with Gasteiger partial charge in [-0.25, -0.2) is 4.79 Å². The zero-order chi connectivity index (χ0) is 16.6. The molecule has 0 aromatic rings. The third kappa shape index (κ3) is 2.89. The predicted octanol–water partition coefficient (Wildman–Crippen LogP) is -3.12. The van der Waals surface area contributed by atoms with E-state index >= 15 is 0 Å².